The molecule has 0 aromatic heterocycles. The second-order valence-electron chi connectivity index (χ2n) is 6.67. The summed E-state index contributed by atoms with van der Waals surface area (Å²) in [7, 11) is 0. The number of thioether (sulfide) groups is 1. The Balaban J connectivity index is 1.81. The number of thiocarbonyl (C=S) groups is 1. The summed E-state index contributed by atoms with van der Waals surface area (Å²) in [5.74, 6) is -0.747. The number of hydrogen-bond donors (Lipinski definition) is 2. The van der Waals surface area contributed by atoms with Crippen LogP contribution < -0.4 is 10.2 Å². The summed E-state index contributed by atoms with van der Waals surface area (Å²) in [6.07, 6.45) is 1.56. The van der Waals surface area contributed by atoms with Crippen LogP contribution in [0.2, 0.25) is 0 Å². The first-order chi connectivity index (χ1) is 14.8. The van der Waals surface area contributed by atoms with Crippen LogP contribution in [0, 0.1) is 0 Å². The molecule has 1 aliphatic heterocycles. The van der Waals surface area contributed by atoms with E-state index in [0.717, 1.165) is 16.8 Å². The molecule has 7 nitrogen and oxygen atoms in total. The van der Waals surface area contributed by atoms with Crippen molar-refractivity contribution in [2.24, 2.45) is 0 Å². The summed E-state index contributed by atoms with van der Waals surface area (Å²) < 4.78 is 6.00. The third-order valence-electron chi connectivity index (χ3n) is 4.41. The number of benzene rings is 2. The van der Waals surface area contributed by atoms with E-state index in [4.69, 9.17) is 17.0 Å². The van der Waals surface area contributed by atoms with Crippen LogP contribution in [0.15, 0.2) is 53.4 Å². The lowest BCUT2D eigenvalue weighted by Gasteiger charge is -2.16. The van der Waals surface area contributed by atoms with Crippen molar-refractivity contribution in [1.29, 1.82) is 0 Å². The van der Waals surface area contributed by atoms with Crippen molar-refractivity contribution in [2.45, 2.75) is 26.4 Å². The van der Waals surface area contributed by atoms with E-state index in [-0.39, 0.29) is 21.4 Å². The Labute approximate surface area is 189 Å². The number of carbonyl (C=O) groups is 3. The number of amides is 2. The number of nitrogens with zero attached hydrogens (tertiary/aromatic N) is 1. The van der Waals surface area contributed by atoms with Gasteiger partial charge in [0.15, 0.2) is 16.2 Å². The number of nitrogens with one attached hydrogen (secondary N) is 1. The van der Waals surface area contributed by atoms with E-state index in [1.165, 1.54) is 31.2 Å². The van der Waals surface area contributed by atoms with Gasteiger partial charge in [0.2, 0.25) is 0 Å². The van der Waals surface area contributed by atoms with Crippen LogP contribution in [0.3, 0.4) is 0 Å². The minimum atomic E-state index is -0.579. The third kappa shape index (κ3) is 5.31. The number of hydrogen-bond acceptors (Lipinski definition) is 7. The van der Waals surface area contributed by atoms with Crippen molar-refractivity contribution in [2.75, 3.05) is 0 Å². The Kier molecular flexibility index (Phi) is 7.09. The van der Waals surface area contributed by atoms with Crippen LogP contribution in [-0.4, -0.2) is 38.1 Å². The second-order valence-corrected chi connectivity index (χ2v) is 8.35. The van der Waals surface area contributed by atoms with Crippen LogP contribution in [0.4, 0.5) is 0 Å². The maximum Gasteiger partial charge on any atom is 0.285 e. The zero-order chi connectivity index (χ0) is 22.5. The van der Waals surface area contributed by atoms with Gasteiger partial charge in [-0.1, -0.05) is 43.0 Å². The normalized spacial score (nSPS) is 15.8. The number of ether oxygens (including phenoxy) is 1. The van der Waals surface area contributed by atoms with Crippen molar-refractivity contribution >= 4 is 52.0 Å². The van der Waals surface area contributed by atoms with Crippen LogP contribution >= 0.6 is 24.0 Å². The first kappa shape index (κ1) is 22.5. The lowest BCUT2D eigenvalue weighted by Crippen LogP contribution is -2.44. The highest BCUT2D eigenvalue weighted by Gasteiger charge is 2.34. The Morgan fingerprint density at radius 3 is 2.68 bits per heavy atom. The predicted molar refractivity (Wildman–Crippen MR) is 122 cm³/mol. The molecule has 0 aliphatic carbocycles. The molecule has 160 valence electrons. The van der Waals surface area contributed by atoms with Crippen molar-refractivity contribution in [3.05, 3.63) is 64.6 Å². The largest absolute Gasteiger partial charge is 0.508 e. The number of phenolic OH excluding ortho intramolecular Hbond substituents is 1. The second kappa shape index (κ2) is 9.76. The van der Waals surface area contributed by atoms with Gasteiger partial charge in [-0.25, -0.2) is 0 Å². The van der Waals surface area contributed by atoms with E-state index in [9.17, 15) is 19.5 Å². The summed E-state index contributed by atoms with van der Waals surface area (Å²) >= 11 is 6.29. The van der Waals surface area contributed by atoms with Gasteiger partial charge in [0, 0.05) is 11.1 Å². The topological polar surface area (TPSA) is 95.9 Å². The quantitative estimate of drug-likeness (QED) is 0.485. The van der Waals surface area contributed by atoms with Crippen molar-refractivity contribution < 1.29 is 24.2 Å². The molecule has 31 heavy (non-hydrogen) atoms. The minimum absolute atomic E-state index is 0.0644. The monoisotopic (exact) mass is 456 g/mol. The highest BCUT2D eigenvalue weighted by atomic mass is 32.2. The van der Waals surface area contributed by atoms with Gasteiger partial charge in [0.05, 0.1) is 4.91 Å². The number of hydrazine groups is 1. The standard InChI is InChI=1S/C22H20N2O5S2/c1-3-17(13(2)25)29-18-10-5-4-7-14(18)12-19-21(28)24(22(30)31-19)23-20(27)15-8-6-9-16(26)11-15/h4-12,17,26H,3H2,1-2H3,(H,23,27)/b19-12-. The highest BCUT2D eigenvalue weighted by molar-refractivity contribution is 8.26. The summed E-state index contributed by atoms with van der Waals surface area (Å²) in [4.78, 5) is 37.3. The Bertz CT molecular complexity index is 1080. The average Bonchev–Trinajstić information content (AvgIpc) is 3.00. The van der Waals surface area contributed by atoms with E-state index >= 15 is 0 Å². The van der Waals surface area contributed by atoms with Gasteiger partial charge in [-0.3, -0.25) is 19.8 Å². The molecule has 1 fully saturated rings. The smallest absolute Gasteiger partial charge is 0.285 e. The number of Topliss-reactive ketones (excluding diaryl/α,β-unsaturated/α-hetero) is 1. The molecule has 0 bridgehead atoms. The van der Waals surface area contributed by atoms with E-state index in [0.29, 0.717) is 22.6 Å². The first-order valence-corrected chi connectivity index (χ1v) is 10.7. The molecular weight excluding hydrogens is 436 g/mol. The Morgan fingerprint density at radius 1 is 1.26 bits per heavy atom. The lowest BCUT2D eigenvalue weighted by atomic mass is 10.1. The van der Waals surface area contributed by atoms with Gasteiger partial charge in [-0.05, 0) is 55.9 Å². The Morgan fingerprint density at radius 2 is 2.00 bits per heavy atom. The molecular formula is C22H20N2O5S2. The van der Waals surface area contributed by atoms with Crippen LogP contribution in [0.25, 0.3) is 6.08 Å². The fraction of sp³-hybridized carbons (Fsp3) is 0.182. The number of aromatic hydroxyl groups is 1. The van der Waals surface area contributed by atoms with Crippen molar-refractivity contribution in [1.82, 2.24) is 10.4 Å². The van der Waals surface area contributed by atoms with Gasteiger partial charge in [0.25, 0.3) is 11.8 Å². The van der Waals surface area contributed by atoms with Gasteiger partial charge in [0.1, 0.15) is 11.5 Å². The van der Waals surface area contributed by atoms with Crippen LogP contribution in [-0.2, 0) is 9.59 Å². The SMILES string of the molecule is CCC(Oc1ccccc1/C=C1\SC(=S)N(NC(=O)c2cccc(O)c2)C1=O)C(C)=O. The average molecular weight is 457 g/mol. The molecule has 2 aromatic rings. The van der Waals surface area contributed by atoms with E-state index in [1.807, 2.05) is 6.92 Å². The summed E-state index contributed by atoms with van der Waals surface area (Å²) in [5.41, 5.74) is 3.26. The number of rotatable bonds is 7. The highest BCUT2D eigenvalue weighted by Crippen LogP contribution is 2.33. The lowest BCUT2D eigenvalue weighted by molar-refractivity contribution is -0.124. The predicted octanol–water partition coefficient (Wildman–Crippen LogP) is 3.68. The zero-order valence-corrected chi connectivity index (χ0v) is 18.5. The first-order valence-electron chi connectivity index (χ1n) is 9.44. The van der Waals surface area contributed by atoms with Gasteiger partial charge in [-0.15, -0.1) is 0 Å². The van der Waals surface area contributed by atoms with E-state index in [1.54, 1.807) is 30.3 Å². The molecule has 1 saturated heterocycles. The molecule has 1 unspecified atom stereocenters. The molecule has 1 aliphatic rings. The summed E-state index contributed by atoms with van der Waals surface area (Å²) in [5, 5.41) is 10.5. The number of carbonyl (C=O) groups excluding carboxylic acids is 3. The van der Waals surface area contributed by atoms with E-state index in [2.05, 4.69) is 5.43 Å². The van der Waals surface area contributed by atoms with Gasteiger partial charge in [-0.2, -0.15) is 5.01 Å². The van der Waals surface area contributed by atoms with Gasteiger partial charge < -0.3 is 9.84 Å². The third-order valence-corrected chi connectivity index (χ3v) is 5.72. The number of ketones is 1. The Hall–Kier alpha value is -3.17. The van der Waals surface area contributed by atoms with E-state index < -0.39 is 17.9 Å². The molecule has 3 rings (SSSR count). The number of para-hydroxylation sites is 1. The summed E-state index contributed by atoms with van der Waals surface area (Å²) in [6.45, 7) is 3.33. The van der Waals surface area contributed by atoms with Crippen LogP contribution in [0.5, 0.6) is 11.5 Å². The van der Waals surface area contributed by atoms with Crippen LogP contribution in [0.1, 0.15) is 36.2 Å². The van der Waals surface area contributed by atoms with Crippen molar-refractivity contribution in [3.8, 4) is 11.5 Å². The maximum absolute atomic E-state index is 12.8. The molecule has 1 heterocycles. The molecule has 9 heteroatoms. The molecule has 1 atom stereocenters. The molecule has 2 aromatic carbocycles. The molecule has 0 radical (unpaired) electrons. The number of phenols is 1. The molecule has 0 spiro atoms. The zero-order valence-electron chi connectivity index (χ0n) is 16.8. The molecule has 2 amide bonds. The maximum atomic E-state index is 12.8. The van der Waals surface area contributed by atoms with Crippen molar-refractivity contribution in [3.63, 3.8) is 0 Å². The molecule has 2 N–H and O–H groups in total. The minimum Gasteiger partial charge on any atom is -0.508 e. The summed E-state index contributed by atoms with van der Waals surface area (Å²) in [6, 6.07) is 12.8. The fourth-order valence-electron chi connectivity index (χ4n) is 2.83. The fourth-order valence-corrected chi connectivity index (χ4v) is 4.00. The van der Waals surface area contributed by atoms with Gasteiger partial charge >= 0.3 is 0 Å². The molecule has 0 saturated carbocycles.